The number of hydrogen-bond donors (Lipinski definition) is 1. The van der Waals surface area contributed by atoms with Gasteiger partial charge in [0.05, 0.1) is 11.8 Å². The molecule has 1 amide bonds. The maximum Gasteiger partial charge on any atom is 0.286 e. The number of nitrogens with one attached hydrogen (secondary N) is 1. The Morgan fingerprint density at radius 3 is 2.70 bits per heavy atom. The Morgan fingerprint density at radius 1 is 1.30 bits per heavy atom. The van der Waals surface area contributed by atoms with Crippen molar-refractivity contribution < 1.29 is 17.9 Å². The molecule has 0 unspecified atom stereocenters. The van der Waals surface area contributed by atoms with Crippen molar-refractivity contribution in [3.8, 4) is 0 Å². The number of carbonyl (C=O) groups excluding carboxylic acids is 1. The highest BCUT2D eigenvalue weighted by molar-refractivity contribution is 7.90. The summed E-state index contributed by atoms with van der Waals surface area (Å²) in [6.07, 6.45) is 2.77. The van der Waals surface area contributed by atoms with E-state index in [4.69, 9.17) is 4.74 Å². The van der Waals surface area contributed by atoms with E-state index in [9.17, 15) is 13.2 Å². The predicted molar refractivity (Wildman–Crippen MR) is 107 cm³/mol. The number of unbranched alkanes of at least 4 members (excludes halogenated alkanes) is 1. The van der Waals surface area contributed by atoms with Gasteiger partial charge in [0.15, 0.2) is 0 Å². The van der Waals surface area contributed by atoms with Gasteiger partial charge in [-0.15, -0.1) is 4.40 Å². The predicted octanol–water partition coefficient (Wildman–Crippen LogP) is 2.96. The molecule has 2 rings (SSSR count). The second-order valence-electron chi connectivity index (χ2n) is 6.83. The lowest BCUT2D eigenvalue weighted by Gasteiger charge is -2.29. The number of carbonyl (C=O) groups is 1. The smallest absolute Gasteiger partial charge is 0.286 e. The van der Waals surface area contributed by atoms with Crippen molar-refractivity contribution in [3.05, 3.63) is 23.8 Å². The van der Waals surface area contributed by atoms with Crippen molar-refractivity contribution >= 4 is 27.5 Å². The number of sulfonamides is 1. The van der Waals surface area contributed by atoms with E-state index in [1.165, 1.54) is 6.07 Å². The van der Waals surface area contributed by atoms with E-state index in [1.807, 2.05) is 18.7 Å². The van der Waals surface area contributed by atoms with Crippen LogP contribution in [0.15, 0.2) is 27.5 Å². The Morgan fingerprint density at radius 2 is 2.04 bits per heavy atom. The van der Waals surface area contributed by atoms with Crippen LogP contribution in [0.2, 0.25) is 0 Å². The minimum Gasteiger partial charge on any atom is -0.379 e. The summed E-state index contributed by atoms with van der Waals surface area (Å²) in [6.45, 7) is 9.41. The van der Waals surface area contributed by atoms with Crippen LogP contribution in [0.3, 0.4) is 0 Å². The Hall–Kier alpha value is -1.93. The van der Waals surface area contributed by atoms with Crippen LogP contribution >= 0.6 is 0 Å². The summed E-state index contributed by atoms with van der Waals surface area (Å²) in [5.41, 5.74) is 0.894. The van der Waals surface area contributed by atoms with Gasteiger partial charge in [0.25, 0.3) is 15.9 Å². The summed E-state index contributed by atoms with van der Waals surface area (Å²) in [7, 11) is -3.80. The number of amidine groups is 1. The first kappa shape index (κ1) is 21.4. The van der Waals surface area contributed by atoms with Crippen LogP contribution < -0.4 is 10.2 Å². The third kappa shape index (κ3) is 5.52. The molecule has 0 fully saturated rings. The second-order valence-corrected chi connectivity index (χ2v) is 8.40. The number of nitrogens with zero attached hydrogens (tertiary/aromatic N) is 2. The molecule has 0 aromatic heterocycles. The molecule has 0 atom stereocenters. The minimum absolute atomic E-state index is 0.0833. The van der Waals surface area contributed by atoms with Gasteiger partial charge < -0.3 is 15.0 Å². The molecule has 7 nitrogen and oxygen atoms in total. The summed E-state index contributed by atoms with van der Waals surface area (Å²) in [5, 5.41) is 2.80. The molecule has 8 heteroatoms. The lowest BCUT2D eigenvalue weighted by atomic mass is 10.1. The standard InChI is InChI=1S/C19H29N3O4S/c1-5-6-11-22-15(4)21-27(24,25)18-13-16(8-9-17(18)22)19(23)20-10-7-12-26-14(2)3/h8-9,13-14H,5-7,10-12H2,1-4H3,(H,20,23). The average molecular weight is 396 g/mol. The van der Waals surface area contributed by atoms with Crippen LogP contribution in [0.1, 0.15) is 57.3 Å². The fourth-order valence-electron chi connectivity index (χ4n) is 2.83. The Kier molecular flexibility index (Phi) is 7.38. The van der Waals surface area contributed by atoms with Gasteiger partial charge in [0.2, 0.25) is 0 Å². The molecular weight excluding hydrogens is 366 g/mol. The molecular formula is C19H29N3O4S. The highest BCUT2D eigenvalue weighted by Gasteiger charge is 2.29. The SMILES string of the molecule is CCCCN1C(C)=NS(=O)(=O)c2cc(C(=O)NCCCOC(C)C)ccc21. The zero-order valence-corrected chi connectivity index (χ0v) is 17.3. The lowest BCUT2D eigenvalue weighted by molar-refractivity contribution is 0.0757. The molecule has 0 saturated heterocycles. The molecule has 27 heavy (non-hydrogen) atoms. The maximum absolute atomic E-state index is 12.5. The second kappa shape index (κ2) is 9.32. The van der Waals surface area contributed by atoms with Crippen LogP contribution in [0.4, 0.5) is 5.69 Å². The largest absolute Gasteiger partial charge is 0.379 e. The molecule has 0 bridgehead atoms. The van der Waals surface area contributed by atoms with Gasteiger partial charge in [-0.3, -0.25) is 4.79 Å². The van der Waals surface area contributed by atoms with Gasteiger partial charge in [-0.25, -0.2) is 0 Å². The van der Waals surface area contributed by atoms with Crippen LogP contribution in [-0.4, -0.2) is 46.0 Å². The molecule has 1 aliphatic rings. The van der Waals surface area contributed by atoms with Crippen LogP contribution in [0.5, 0.6) is 0 Å². The van der Waals surface area contributed by atoms with E-state index >= 15 is 0 Å². The van der Waals surface area contributed by atoms with Crippen molar-refractivity contribution in [2.45, 2.75) is 58.0 Å². The first-order valence-corrected chi connectivity index (χ1v) is 10.8. The Labute approximate surface area is 161 Å². The normalized spacial score (nSPS) is 15.4. The summed E-state index contributed by atoms with van der Waals surface area (Å²) in [6, 6.07) is 4.77. The van der Waals surface area contributed by atoms with Crippen molar-refractivity contribution in [1.82, 2.24) is 5.32 Å². The van der Waals surface area contributed by atoms with Crippen LogP contribution in [0.25, 0.3) is 0 Å². The summed E-state index contributed by atoms with van der Waals surface area (Å²) >= 11 is 0. The molecule has 0 saturated carbocycles. The van der Waals surface area contributed by atoms with Gasteiger partial charge in [0.1, 0.15) is 10.7 Å². The number of hydrogen-bond acceptors (Lipinski definition) is 5. The quantitative estimate of drug-likeness (QED) is 0.650. The van der Waals surface area contributed by atoms with E-state index in [-0.39, 0.29) is 16.9 Å². The molecule has 1 N–H and O–H groups in total. The van der Waals surface area contributed by atoms with E-state index in [0.29, 0.717) is 43.2 Å². The Bertz CT molecular complexity index is 803. The first-order valence-electron chi connectivity index (χ1n) is 9.39. The summed E-state index contributed by atoms with van der Waals surface area (Å²) in [5.74, 6) is 0.155. The maximum atomic E-state index is 12.5. The lowest BCUT2D eigenvalue weighted by Crippen LogP contribution is -2.35. The number of anilines is 1. The summed E-state index contributed by atoms with van der Waals surface area (Å²) in [4.78, 5) is 14.3. The van der Waals surface area contributed by atoms with Crippen molar-refractivity contribution in [1.29, 1.82) is 0 Å². The van der Waals surface area contributed by atoms with Crippen molar-refractivity contribution in [2.75, 3.05) is 24.6 Å². The molecule has 1 heterocycles. The fraction of sp³-hybridized carbons (Fsp3) is 0.579. The number of amides is 1. The first-order chi connectivity index (χ1) is 12.8. The van der Waals surface area contributed by atoms with Crippen molar-refractivity contribution in [2.24, 2.45) is 4.40 Å². The number of rotatable bonds is 9. The summed E-state index contributed by atoms with van der Waals surface area (Å²) < 4.78 is 34.3. The Balaban J connectivity index is 2.14. The molecule has 0 spiro atoms. The number of ether oxygens (including phenoxy) is 1. The molecule has 0 radical (unpaired) electrons. The molecule has 1 aromatic rings. The average Bonchev–Trinajstić information content (AvgIpc) is 2.60. The zero-order valence-electron chi connectivity index (χ0n) is 16.5. The molecule has 0 aliphatic carbocycles. The molecule has 1 aliphatic heterocycles. The van der Waals surface area contributed by atoms with E-state index in [2.05, 4.69) is 16.6 Å². The van der Waals surface area contributed by atoms with Gasteiger partial charge >= 0.3 is 0 Å². The third-order valence-corrected chi connectivity index (χ3v) is 5.61. The monoisotopic (exact) mass is 395 g/mol. The zero-order chi connectivity index (χ0) is 20.0. The number of benzene rings is 1. The van der Waals surface area contributed by atoms with Gasteiger partial charge in [-0.05, 0) is 51.8 Å². The third-order valence-electron chi connectivity index (χ3n) is 4.23. The van der Waals surface area contributed by atoms with Crippen LogP contribution in [-0.2, 0) is 14.8 Å². The number of fused-ring (bicyclic) bond motifs is 1. The molecule has 1 aromatic carbocycles. The topological polar surface area (TPSA) is 88.1 Å². The highest BCUT2D eigenvalue weighted by Crippen LogP contribution is 2.32. The fourth-order valence-corrected chi connectivity index (χ4v) is 4.09. The molecule has 150 valence electrons. The minimum atomic E-state index is -3.80. The van der Waals surface area contributed by atoms with Gasteiger partial charge in [-0.2, -0.15) is 8.42 Å². The van der Waals surface area contributed by atoms with E-state index in [0.717, 1.165) is 12.8 Å². The van der Waals surface area contributed by atoms with Gasteiger partial charge in [0, 0.05) is 25.3 Å². The van der Waals surface area contributed by atoms with Crippen molar-refractivity contribution in [3.63, 3.8) is 0 Å². The van der Waals surface area contributed by atoms with E-state index in [1.54, 1.807) is 19.1 Å². The van der Waals surface area contributed by atoms with Crippen LogP contribution in [0, 0.1) is 0 Å². The van der Waals surface area contributed by atoms with E-state index < -0.39 is 10.0 Å². The highest BCUT2D eigenvalue weighted by atomic mass is 32.2. The van der Waals surface area contributed by atoms with Gasteiger partial charge in [-0.1, -0.05) is 13.3 Å².